The summed E-state index contributed by atoms with van der Waals surface area (Å²) in [4.78, 5) is 0. The van der Waals surface area contributed by atoms with Gasteiger partial charge in [-0.15, -0.1) is 0 Å². The molecular weight excluding hydrogens is 506 g/mol. The van der Waals surface area contributed by atoms with E-state index in [-0.39, 0.29) is 5.41 Å². The van der Waals surface area contributed by atoms with Gasteiger partial charge in [-0.3, -0.25) is 0 Å². The van der Waals surface area contributed by atoms with Crippen LogP contribution < -0.4 is 15.9 Å². The summed E-state index contributed by atoms with van der Waals surface area (Å²) >= 11 is 0. The van der Waals surface area contributed by atoms with Crippen molar-refractivity contribution in [2.24, 2.45) is 5.41 Å². The lowest BCUT2D eigenvalue weighted by Crippen LogP contribution is -2.35. The van der Waals surface area contributed by atoms with Gasteiger partial charge in [-0.05, 0) is 53.3 Å². The minimum Gasteiger partial charge on any atom is -0.0897 e. The predicted molar refractivity (Wildman–Crippen MR) is 177 cm³/mol. The molecule has 0 N–H and O–H groups in total. The van der Waals surface area contributed by atoms with Crippen molar-refractivity contribution in [3.05, 3.63) is 163 Å². The second-order valence-electron chi connectivity index (χ2n) is 11.1. The zero-order valence-corrected chi connectivity index (χ0v) is 25.0. The molecule has 0 fully saturated rings. The van der Waals surface area contributed by atoms with E-state index in [1.54, 1.807) is 0 Å². The third-order valence-corrected chi connectivity index (χ3v) is 14.0. The van der Waals surface area contributed by atoms with Gasteiger partial charge in [-0.2, -0.15) is 0 Å². The van der Waals surface area contributed by atoms with Crippen LogP contribution in [-0.4, -0.2) is 19.0 Å². The normalized spacial score (nSPS) is 13.5. The van der Waals surface area contributed by atoms with Crippen LogP contribution in [0.2, 0.25) is 0 Å². The first-order valence-corrected chi connectivity index (χ1v) is 17.5. The highest BCUT2D eigenvalue weighted by molar-refractivity contribution is 7.89. The van der Waals surface area contributed by atoms with Gasteiger partial charge < -0.3 is 0 Å². The summed E-state index contributed by atoms with van der Waals surface area (Å²) < 4.78 is 0. The molecule has 5 rings (SSSR count). The van der Waals surface area contributed by atoms with E-state index in [0.29, 0.717) is 5.92 Å². The summed E-state index contributed by atoms with van der Waals surface area (Å²) in [5.41, 5.74) is 2.97. The van der Waals surface area contributed by atoms with Crippen molar-refractivity contribution in [3.8, 4) is 0 Å². The SMILES string of the molecule is C[C@](CPc1ccccc1)(CC(c1ccccc1)c1ccccc1)C[P+](C)(c1ccccc1)c1ccccc1. The summed E-state index contributed by atoms with van der Waals surface area (Å²) in [7, 11) is -0.862. The fourth-order valence-corrected chi connectivity index (χ4v) is 11.6. The first-order chi connectivity index (χ1) is 19.1. The summed E-state index contributed by atoms with van der Waals surface area (Å²) in [5.74, 6) is 0.359. The maximum Gasteiger partial charge on any atom is 0.0989 e. The maximum absolute atomic E-state index is 2.58. The molecule has 1 unspecified atom stereocenters. The van der Waals surface area contributed by atoms with Crippen LogP contribution in [0.25, 0.3) is 0 Å². The Kier molecular flexibility index (Phi) is 9.09. The molecule has 5 aromatic rings. The molecule has 0 aromatic heterocycles. The zero-order valence-electron chi connectivity index (χ0n) is 23.1. The second kappa shape index (κ2) is 12.9. The Labute approximate surface area is 237 Å². The minimum absolute atomic E-state index is 0.138. The molecule has 0 aliphatic carbocycles. The van der Waals surface area contributed by atoms with E-state index in [2.05, 4.69) is 165 Å². The number of benzene rings is 5. The third kappa shape index (κ3) is 6.94. The Morgan fingerprint density at radius 1 is 0.564 bits per heavy atom. The van der Waals surface area contributed by atoms with Crippen LogP contribution in [0.5, 0.6) is 0 Å². The average molecular weight is 546 g/mol. The van der Waals surface area contributed by atoms with Gasteiger partial charge in [-0.1, -0.05) is 143 Å². The van der Waals surface area contributed by atoms with Crippen LogP contribution in [0.15, 0.2) is 152 Å². The Morgan fingerprint density at radius 3 is 1.38 bits per heavy atom. The van der Waals surface area contributed by atoms with Crippen LogP contribution in [0, 0.1) is 5.41 Å². The van der Waals surface area contributed by atoms with Crippen LogP contribution in [0.3, 0.4) is 0 Å². The van der Waals surface area contributed by atoms with Crippen LogP contribution in [0.4, 0.5) is 0 Å². The van der Waals surface area contributed by atoms with E-state index in [9.17, 15) is 0 Å². The second-order valence-corrected chi connectivity index (χ2v) is 16.1. The first-order valence-electron chi connectivity index (χ1n) is 13.9. The van der Waals surface area contributed by atoms with Crippen LogP contribution >= 0.6 is 15.8 Å². The van der Waals surface area contributed by atoms with E-state index in [1.807, 2.05) is 0 Å². The van der Waals surface area contributed by atoms with Crippen LogP contribution in [0.1, 0.15) is 30.4 Å². The van der Waals surface area contributed by atoms with E-state index >= 15 is 0 Å². The van der Waals surface area contributed by atoms with Crippen molar-refractivity contribution >= 4 is 31.8 Å². The maximum atomic E-state index is 2.58. The fraction of sp³-hybridized carbons (Fsp3) is 0.189. The smallest absolute Gasteiger partial charge is 0.0897 e. The molecule has 0 amide bonds. The molecule has 0 bridgehead atoms. The van der Waals surface area contributed by atoms with Gasteiger partial charge in [0.15, 0.2) is 0 Å². The molecule has 0 saturated carbocycles. The van der Waals surface area contributed by atoms with Crippen molar-refractivity contribution in [1.82, 2.24) is 0 Å². The monoisotopic (exact) mass is 545 g/mol. The Bertz CT molecular complexity index is 1320. The van der Waals surface area contributed by atoms with Crippen molar-refractivity contribution in [1.29, 1.82) is 0 Å². The van der Waals surface area contributed by atoms with Gasteiger partial charge in [0.2, 0.25) is 0 Å². The molecule has 2 heteroatoms. The molecule has 39 heavy (non-hydrogen) atoms. The summed E-state index contributed by atoms with van der Waals surface area (Å²) in [6, 6.07) is 56.1. The molecule has 0 heterocycles. The number of hydrogen-bond acceptors (Lipinski definition) is 0. The van der Waals surface area contributed by atoms with Gasteiger partial charge in [0.25, 0.3) is 0 Å². The lowest BCUT2D eigenvalue weighted by Gasteiger charge is -2.38. The lowest BCUT2D eigenvalue weighted by atomic mass is 9.78. The molecule has 0 saturated heterocycles. The zero-order chi connectivity index (χ0) is 27.0. The quantitative estimate of drug-likeness (QED) is 0.146. The Hall–Kier alpha value is -3.04. The van der Waals surface area contributed by atoms with E-state index < -0.39 is 7.26 Å². The predicted octanol–water partition coefficient (Wildman–Crippen LogP) is 8.52. The molecule has 2 atom stereocenters. The lowest BCUT2D eigenvalue weighted by molar-refractivity contribution is 0.371. The topological polar surface area (TPSA) is 0 Å². The molecule has 196 valence electrons. The highest BCUT2D eigenvalue weighted by atomic mass is 31.2. The van der Waals surface area contributed by atoms with E-state index in [1.165, 1.54) is 39.4 Å². The molecule has 0 aliphatic rings. The Morgan fingerprint density at radius 2 is 0.949 bits per heavy atom. The molecule has 5 aromatic carbocycles. The molecule has 0 aliphatic heterocycles. The molecular formula is C37H39P2+. The van der Waals surface area contributed by atoms with Crippen molar-refractivity contribution in [3.63, 3.8) is 0 Å². The molecule has 0 nitrogen and oxygen atoms in total. The van der Waals surface area contributed by atoms with E-state index in [0.717, 1.165) is 15.0 Å². The van der Waals surface area contributed by atoms with Gasteiger partial charge in [0.1, 0.15) is 0 Å². The summed E-state index contributed by atoms with van der Waals surface area (Å²) in [5, 5.41) is 4.46. The molecule has 0 radical (unpaired) electrons. The van der Waals surface area contributed by atoms with Gasteiger partial charge >= 0.3 is 0 Å². The minimum atomic E-state index is -1.65. The third-order valence-electron chi connectivity index (χ3n) is 7.94. The van der Waals surface area contributed by atoms with Crippen molar-refractivity contribution < 1.29 is 0 Å². The van der Waals surface area contributed by atoms with Crippen LogP contribution in [-0.2, 0) is 0 Å². The highest BCUT2D eigenvalue weighted by Gasteiger charge is 2.45. The fourth-order valence-electron chi connectivity index (χ4n) is 5.96. The van der Waals surface area contributed by atoms with Gasteiger partial charge in [0.05, 0.1) is 30.7 Å². The Balaban J connectivity index is 1.58. The largest absolute Gasteiger partial charge is 0.0989 e. The summed E-state index contributed by atoms with van der Waals surface area (Å²) in [6.45, 7) is 5.15. The first kappa shape index (κ1) is 27.5. The summed E-state index contributed by atoms with van der Waals surface area (Å²) in [6.07, 6.45) is 3.49. The van der Waals surface area contributed by atoms with E-state index in [4.69, 9.17) is 0 Å². The number of hydrogen-bond donors (Lipinski definition) is 0. The standard InChI is InChI=1S/C37H39P2/c1-37(29-38-33-22-12-5-13-23-33,28-36(31-18-8-3-9-19-31)32-20-10-4-11-21-32)30-39(2,34-24-14-6-15-25-34)35-26-16-7-17-27-35/h3-27,36,38H,28-30H2,1-2H3/q+1/t37-/m1/s1. The molecule has 0 spiro atoms. The average Bonchev–Trinajstić information content (AvgIpc) is 3.01. The highest BCUT2D eigenvalue weighted by Crippen LogP contribution is 2.59. The number of rotatable bonds is 11. The van der Waals surface area contributed by atoms with Gasteiger partial charge in [0, 0.05) is 11.3 Å². The van der Waals surface area contributed by atoms with Gasteiger partial charge in [-0.25, -0.2) is 0 Å². The van der Waals surface area contributed by atoms with Crippen molar-refractivity contribution in [2.45, 2.75) is 19.3 Å². The van der Waals surface area contributed by atoms with Crippen molar-refractivity contribution in [2.75, 3.05) is 19.0 Å².